The van der Waals surface area contributed by atoms with Crippen LogP contribution < -0.4 is 29.2 Å². The van der Waals surface area contributed by atoms with Crippen LogP contribution in [0, 0.1) is 70.6 Å². The van der Waals surface area contributed by atoms with Crippen molar-refractivity contribution in [3.05, 3.63) is 292 Å². The summed E-state index contributed by atoms with van der Waals surface area (Å²) < 4.78 is 70.3. The van der Waals surface area contributed by atoms with E-state index < -0.39 is 11.6 Å². The normalized spacial score (nSPS) is 14.7. The highest BCUT2D eigenvalue weighted by Gasteiger charge is 2.22. The molecule has 127 heavy (non-hydrogen) atoms. The van der Waals surface area contributed by atoms with E-state index in [4.69, 9.17) is 14.2 Å². The van der Waals surface area contributed by atoms with Crippen molar-refractivity contribution in [1.29, 1.82) is 0 Å². The van der Waals surface area contributed by atoms with Gasteiger partial charge < -0.3 is 38.7 Å². The fourth-order valence-corrected chi connectivity index (χ4v) is 15.4. The SMILES string of the molecule is CC(C)/C=C/C=C/c1ccccc1.CC(C)/C=C/c1ccc(F)cc1.CC(C)CCc1cc(F)c(N2CCOCC2)c(F)c1.CC(C)CCc1ccc(N2CCCC2)c(F)c1.CC(C)CCc1ccc(N2CCOCC2)cc1.CC(C)CCc1ccc(N2CCSCC2)cc1.CC(C)CCc1ccccc1N1CCCC1.COc1ccc(/C=C/C=C/C(C)C)cc1.F. The Labute approximate surface area is 771 Å². The summed E-state index contributed by atoms with van der Waals surface area (Å²) in [6, 6.07) is 60.7. The third-order valence-electron chi connectivity index (χ3n) is 22.2. The maximum Gasteiger partial charge on any atom is 0.149 e. The molecule has 0 saturated carbocycles. The summed E-state index contributed by atoms with van der Waals surface area (Å²) in [5, 5.41) is 0. The van der Waals surface area contributed by atoms with E-state index in [9.17, 15) is 17.6 Å². The fraction of sp³-hybridized carbons (Fsp3) is 0.487. The Kier molecular flexibility index (Phi) is 54.1. The Hall–Kier alpha value is -8.82. The van der Waals surface area contributed by atoms with Crippen LogP contribution in [0.25, 0.3) is 18.2 Å². The lowest BCUT2D eigenvalue weighted by molar-refractivity contribution is 0.122. The number of nitrogens with zero attached hydrogens (tertiary/aromatic N) is 5. The van der Waals surface area contributed by atoms with Crippen molar-refractivity contribution >= 4 is 58.4 Å². The smallest absolute Gasteiger partial charge is 0.149 e. The van der Waals surface area contributed by atoms with E-state index in [2.05, 4.69) is 288 Å². The number of anilines is 5. The van der Waals surface area contributed by atoms with Crippen LogP contribution in [0.4, 0.5) is 50.7 Å². The second-order valence-electron chi connectivity index (χ2n) is 36.8. The van der Waals surface area contributed by atoms with Gasteiger partial charge in [0.15, 0.2) is 0 Å². The summed E-state index contributed by atoms with van der Waals surface area (Å²) in [7, 11) is 1.68. The van der Waals surface area contributed by atoms with Gasteiger partial charge in [0.2, 0.25) is 0 Å². The number of para-hydroxylation sites is 1. The molecule has 0 bridgehead atoms. The van der Waals surface area contributed by atoms with Gasteiger partial charge in [-0.25, -0.2) is 17.6 Å². The first kappa shape index (κ1) is 109. The van der Waals surface area contributed by atoms with Gasteiger partial charge >= 0.3 is 0 Å². The number of aryl methyl sites for hydroxylation is 5. The Morgan fingerprint density at radius 3 is 1.17 bits per heavy atom. The van der Waals surface area contributed by atoms with E-state index in [1.54, 1.807) is 30.2 Å². The van der Waals surface area contributed by atoms with Crippen molar-refractivity contribution < 1.29 is 36.5 Å². The number of methoxy groups -OCH3 is 1. The molecule has 8 aromatic rings. The highest BCUT2D eigenvalue weighted by molar-refractivity contribution is 7.99. The molecule has 5 aliphatic heterocycles. The van der Waals surface area contributed by atoms with E-state index in [-0.39, 0.29) is 22.0 Å². The summed E-state index contributed by atoms with van der Waals surface area (Å²) in [5.74, 6) is 7.65. The second kappa shape index (κ2) is 63.2. The Balaban J connectivity index is 0.000000258. The third kappa shape index (κ3) is 46.3. The molecule has 8 nitrogen and oxygen atoms in total. The predicted molar refractivity (Wildman–Crippen MR) is 545 cm³/mol. The minimum absolute atomic E-state index is 0. The maximum absolute atomic E-state index is 14.1. The van der Waals surface area contributed by atoms with Gasteiger partial charge in [-0.3, -0.25) is 4.70 Å². The van der Waals surface area contributed by atoms with E-state index in [1.807, 2.05) is 54.6 Å². The first-order valence-corrected chi connectivity index (χ1v) is 48.7. The molecule has 13 rings (SSSR count). The molecule has 0 N–H and O–H groups in total. The third-order valence-corrected chi connectivity index (χ3v) is 23.2. The van der Waals surface area contributed by atoms with Gasteiger partial charge in [0.05, 0.1) is 39.2 Å². The van der Waals surface area contributed by atoms with Gasteiger partial charge in [0.1, 0.15) is 34.7 Å². The molecular weight excluding hydrogens is 1600 g/mol. The van der Waals surface area contributed by atoms with Gasteiger partial charge in [0, 0.05) is 94.0 Å². The van der Waals surface area contributed by atoms with Crippen LogP contribution in [0.5, 0.6) is 5.75 Å². The molecule has 8 aromatic carbocycles. The zero-order valence-corrected chi connectivity index (χ0v) is 81.5. The van der Waals surface area contributed by atoms with Crippen LogP contribution in [0.15, 0.2) is 225 Å². The van der Waals surface area contributed by atoms with Gasteiger partial charge in [-0.2, -0.15) is 11.8 Å². The number of rotatable bonds is 29. The number of halogens is 5. The predicted octanol–water partition coefficient (Wildman–Crippen LogP) is 29.7. The summed E-state index contributed by atoms with van der Waals surface area (Å²) in [6.07, 6.45) is 37.3. The van der Waals surface area contributed by atoms with Crippen molar-refractivity contribution in [3.63, 3.8) is 0 Å². The molecule has 0 atom stereocenters. The molecule has 5 aliphatic rings. The molecule has 696 valence electrons. The largest absolute Gasteiger partial charge is 0.497 e. The number of allylic oxidation sites excluding steroid dienone is 7. The van der Waals surface area contributed by atoms with Crippen molar-refractivity contribution in [2.75, 3.05) is 135 Å². The minimum atomic E-state index is -0.458. The topological polar surface area (TPSA) is 43.9 Å². The summed E-state index contributed by atoms with van der Waals surface area (Å²) in [5.41, 5.74) is 14.9. The molecule has 0 aromatic heterocycles. The number of morpholine rings is 2. The molecule has 0 radical (unpaired) electrons. The standard InChI is InChI=1S/C15H21F2NO.C15H22FN.C15H23NO.C15H23NS.C15H23N.C14H18O.C13H16.C11H13F.FH/c1-11(2)3-4-12-9-13(16)15(14(17)10-12)18-5-7-19-8-6-18;1-12(2)5-6-13-7-8-15(14(16)11-13)17-9-3-4-10-17;2*1-13(2)3-4-14-5-7-15(8-6-14)16-9-11-17-12-10-16;1-13(2)9-10-14-7-3-4-8-15(14)16-11-5-6-12-16;1-12(2)6-4-5-7-13-8-10-14(15-3)11-9-13;1-12(2)8-6-7-11-13-9-4-3-5-10-13;1-9(2)3-4-10-5-7-11(12)8-6-10;/h9-11H,3-8H2,1-2H3;7-8,11-12H,3-6,9-10H2,1-2H3;2*5-8,13H,3-4,9-12H2,1-2H3;3-4,7-8,13H,5-6,9-12H2,1-2H3;4-12H,1-3H3;3-12H,1-2H3;3-9H,1-2H3;1H/b;;;;;6-4+,7-5+;8-6+,11-7+;4-3+;. The van der Waals surface area contributed by atoms with Crippen LogP contribution in [0.3, 0.4) is 0 Å². The van der Waals surface area contributed by atoms with E-state index in [0.717, 1.165) is 111 Å². The number of thioether (sulfide) groups is 1. The van der Waals surface area contributed by atoms with Crippen molar-refractivity contribution in [3.8, 4) is 5.75 Å². The molecule has 0 aliphatic carbocycles. The van der Waals surface area contributed by atoms with Crippen LogP contribution in [-0.4, -0.2) is 110 Å². The lowest BCUT2D eigenvalue weighted by atomic mass is 10.0. The Morgan fingerprint density at radius 2 is 0.717 bits per heavy atom. The molecule has 5 saturated heterocycles. The summed E-state index contributed by atoms with van der Waals surface area (Å²) in [4.78, 5) is 11.3. The van der Waals surface area contributed by atoms with Gasteiger partial charge in [-0.1, -0.05) is 275 Å². The second-order valence-corrected chi connectivity index (χ2v) is 38.0. The molecule has 5 heterocycles. The fourth-order valence-electron chi connectivity index (χ4n) is 14.5. The van der Waals surface area contributed by atoms with Crippen LogP contribution in [-0.2, 0) is 41.6 Å². The average Bonchev–Trinajstić information content (AvgIpc) is 1.61. The first-order valence-electron chi connectivity index (χ1n) is 47.5. The van der Waals surface area contributed by atoms with Crippen molar-refractivity contribution in [2.24, 2.45) is 47.3 Å². The summed E-state index contributed by atoms with van der Waals surface area (Å²) >= 11 is 2.07. The molecule has 0 unspecified atom stereocenters. The zero-order chi connectivity index (χ0) is 91.2. The Bertz CT molecular complexity index is 4230. The number of benzene rings is 8. The molecule has 14 heteroatoms. The number of hydrogen-bond acceptors (Lipinski definition) is 9. The number of ether oxygens (including phenoxy) is 3. The van der Waals surface area contributed by atoms with E-state index in [0.29, 0.717) is 55.9 Å². The van der Waals surface area contributed by atoms with Crippen LogP contribution in [0.2, 0.25) is 0 Å². The molecular formula is C113H160F5N5O3S. The quantitative estimate of drug-likeness (QED) is 0.0337. The highest BCUT2D eigenvalue weighted by atomic mass is 32.2. The maximum atomic E-state index is 14.1. The van der Waals surface area contributed by atoms with Crippen molar-refractivity contribution in [1.82, 2.24) is 0 Å². The average molecular weight is 1760 g/mol. The van der Waals surface area contributed by atoms with Gasteiger partial charge in [-0.15, -0.1) is 0 Å². The molecule has 0 spiro atoms. The van der Waals surface area contributed by atoms with Gasteiger partial charge in [0.25, 0.3) is 0 Å². The van der Waals surface area contributed by atoms with Crippen LogP contribution >= 0.6 is 11.8 Å². The Morgan fingerprint density at radius 1 is 0.339 bits per heavy atom. The summed E-state index contributed by atoms with van der Waals surface area (Å²) in [6.45, 7) is 48.1. The lowest BCUT2D eigenvalue weighted by Crippen LogP contribution is -2.37. The van der Waals surface area contributed by atoms with E-state index in [1.165, 1.54) is 171 Å². The van der Waals surface area contributed by atoms with E-state index >= 15 is 0 Å². The molecule has 0 amide bonds. The monoisotopic (exact) mass is 1760 g/mol. The zero-order valence-electron chi connectivity index (χ0n) is 80.7. The van der Waals surface area contributed by atoms with Gasteiger partial charge in [-0.05, 0) is 261 Å². The number of hydrogen-bond donors (Lipinski definition) is 0. The lowest BCUT2D eigenvalue weighted by Gasteiger charge is -2.29. The van der Waals surface area contributed by atoms with Crippen molar-refractivity contribution in [2.45, 2.75) is 201 Å². The first-order chi connectivity index (χ1) is 60.7. The van der Waals surface area contributed by atoms with Crippen LogP contribution in [0.1, 0.15) is 213 Å². The molecule has 5 fully saturated rings. The minimum Gasteiger partial charge on any atom is -0.497 e. The highest BCUT2D eigenvalue weighted by Crippen LogP contribution is 2.31.